The predicted molar refractivity (Wildman–Crippen MR) is 137 cm³/mol. The normalized spacial score (nSPS) is 12.1. The maximum atomic E-state index is 13.1. The first-order valence-electron chi connectivity index (χ1n) is 11.8. The predicted octanol–water partition coefficient (Wildman–Crippen LogP) is 6.05. The summed E-state index contributed by atoms with van der Waals surface area (Å²) in [7, 11) is -2.56. The summed E-state index contributed by atoms with van der Waals surface area (Å²) in [5.41, 5.74) is 2.86. The summed E-state index contributed by atoms with van der Waals surface area (Å²) >= 11 is 0. The van der Waals surface area contributed by atoms with Crippen molar-refractivity contribution in [3.05, 3.63) is 72.3 Å². The highest BCUT2D eigenvalue weighted by Crippen LogP contribution is 2.35. The van der Waals surface area contributed by atoms with Gasteiger partial charge in [-0.3, -0.25) is 0 Å². The zero-order valence-electron chi connectivity index (χ0n) is 20.6. The lowest BCUT2D eigenvalue weighted by Gasteiger charge is -2.26. The molecule has 0 atom stereocenters. The van der Waals surface area contributed by atoms with E-state index in [-0.39, 0.29) is 16.1 Å². The van der Waals surface area contributed by atoms with Crippen molar-refractivity contribution in [1.82, 2.24) is 15.0 Å². The summed E-state index contributed by atoms with van der Waals surface area (Å²) in [5, 5.41) is 9.16. The van der Waals surface area contributed by atoms with Gasteiger partial charge in [-0.25, -0.2) is 0 Å². The zero-order chi connectivity index (χ0) is 25.1. The first-order valence-corrected chi connectivity index (χ1v) is 13.2. The molecule has 0 fully saturated rings. The van der Waals surface area contributed by atoms with E-state index >= 15 is 0 Å². The molecule has 184 valence electrons. The molecule has 0 aliphatic heterocycles. The molecule has 0 aliphatic carbocycles. The second kappa shape index (κ2) is 10.1. The van der Waals surface area contributed by atoms with E-state index < -0.39 is 10.1 Å². The third kappa shape index (κ3) is 5.48. The Morgan fingerprint density at radius 3 is 2.17 bits per heavy atom. The van der Waals surface area contributed by atoms with E-state index in [0.717, 1.165) is 24.8 Å². The van der Waals surface area contributed by atoms with Gasteiger partial charge in [-0.2, -0.15) is 8.42 Å². The third-order valence-corrected chi connectivity index (χ3v) is 7.44. The minimum atomic E-state index is -4.09. The monoisotopic (exact) mass is 493 g/mol. The fraction of sp³-hybridized carbons (Fsp3) is 0.333. The fourth-order valence-corrected chi connectivity index (χ4v) is 4.95. The Hall–Kier alpha value is -3.39. The van der Waals surface area contributed by atoms with Gasteiger partial charge >= 0.3 is 10.1 Å². The Bertz CT molecular complexity index is 1380. The van der Waals surface area contributed by atoms with Crippen molar-refractivity contribution in [3.8, 4) is 17.2 Å². The van der Waals surface area contributed by atoms with Crippen LogP contribution in [0, 0.1) is 0 Å². The molecule has 0 amide bonds. The van der Waals surface area contributed by atoms with E-state index in [1.165, 1.54) is 30.5 Å². The molecule has 0 N–H and O–H groups in total. The minimum Gasteiger partial charge on any atom is -0.497 e. The molecule has 0 bridgehead atoms. The van der Waals surface area contributed by atoms with E-state index in [0.29, 0.717) is 22.5 Å². The standard InChI is InChI=1S/C27H31N3O4S/c1-5-6-9-18-27(2,3)20-12-17-26(34-35(31,32)22-15-13-21(33-4)14-16-22)25(19-20)30-28-23-10-7-8-11-24(23)29-30/h7-8,10-17,19H,5-6,9,18H2,1-4H3. The van der Waals surface area contributed by atoms with Crippen LogP contribution in [0.3, 0.4) is 0 Å². The number of ether oxygens (including phenoxy) is 1. The quantitative estimate of drug-likeness (QED) is 0.197. The van der Waals surface area contributed by atoms with Crippen molar-refractivity contribution >= 4 is 21.2 Å². The molecular weight excluding hydrogens is 462 g/mol. The van der Waals surface area contributed by atoms with Gasteiger partial charge in [0.15, 0.2) is 5.75 Å². The van der Waals surface area contributed by atoms with E-state index in [9.17, 15) is 8.42 Å². The number of benzene rings is 3. The van der Waals surface area contributed by atoms with Crippen LogP contribution in [0.15, 0.2) is 71.6 Å². The number of aromatic nitrogens is 3. The van der Waals surface area contributed by atoms with Gasteiger partial charge in [0.2, 0.25) is 0 Å². The first kappa shape index (κ1) is 24.7. The lowest BCUT2D eigenvalue weighted by Crippen LogP contribution is -2.18. The minimum absolute atomic E-state index is 0.0341. The number of hydrogen-bond acceptors (Lipinski definition) is 6. The van der Waals surface area contributed by atoms with Crippen LogP contribution >= 0.6 is 0 Å². The molecule has 35 heavy (non-hydrogen) atoms. The second-order valence-electron chi connectivity index (χ2n) is 9.21. The lowest BCUT2D eigenvalue weighted by molar-refractivity contribution is 0.414. The van der Waals surface area contributed by atoms with Crippen molar-refractivity contribution < 1.29 is 17.3 Å². The molecule has 0 radical (unpaired) electrons. The molecule has 0 saturated carbocycles. The molecule has 3 aromatic carbocycles. The SMILES string of the molecule is CCCCCC(C)(C)c1ccc(OS(=O)(=O)c2ccc(OC)cc2)c(-n2nc3ccccc3n2)c1. The molecule has 0 spiro atoms. The zero-order valence-corrected chi connectivity index (χ0v) is 21.4. The Morgan fingerprint density at radius 1 is 0.914 bits per heavy atom. The fourth-order valence-electron chi connectivity index (χ4n) is 4.00. The van der Waals surface area contributed by atoms with Crippen molar-refractivity contribution in [1.29, 1.82) is 0 Å². The summed E-state index contributed by atoms with van der Waals surface area (Å²) in [6.07, 6.45) is 4.46. The highest BCUT2D eigenvalue weighted by Gasteiger charge is 2.25. The second-order valence-corrected chi connectivity index (χ2v) is 10.8. The van der Waals surface area contributed by atoms with Gasteiger partial charge in [0, 0.05) is 0 Å². The van der Waals surface area contributed by atoms with Crippen LogP contribution in [0.25, 0.3) is 16.7 Å². The average molecular weight is 494 g/mol. The maximum absolute atomic E-state index is 13.1. The lowest BCUT2D eigenvalue weighted by atomic mass is 9.80. The maximum Gasteiger partial charge on any atom is 0.339 e. The molecule has 4 aromatic rings. The molecule has 0 saturated heterocycles. The third-order valence-electron chi connectivity index (χ3n) is 6.20. The van der Waals surface area contributed by atoms with Crippen molar-refractivity contribution in [3.63, 3.8) is 0 Å². The Balaban J connectivity index is 1.76. The van der Waals surface area contributed by atoms with Gasteiger partial charge in [0.1, 0.15) is 27.4 Å². The smallest absolute Gasteiger partial charge is 0.339 e. The first-order chi connectivity index (χ1) is 16.7. The number of nitrogens with zero attached hydrogens (tertiary/aromatic N) is 3. The van der Waals surface area contributed by atoms with Crippen molar-refractivity contribution in [2.24, 2.45) is 0 Å². The van der Waals surface area contributed by atoms with Gasteiger partial charge in [-0.1, -0.05) is 58.2 Å². The van der Waals surface area contributed by atoms with Crippen LogP contribution in [0.2, 0.25) is 0 Å². The highest BCUT2D eigenvalue weighted by atomic mass is 32.2. The molecule has 0 aliphatic rings. The van der Waals surface area contributed by atoms with E-state index in [1.807, 2.05) is 36.4 Å². The van der Waals surface area contributed by atoms with E-state index in [1.54, 1.807) is 18.2 Å². The van der Waals surface area contributed by atoms with Crippen LogP contribution in [0.5, 0.6) is 11.5 Å². The van der Waals surface area contributed by atoms with Gasteiger partial charge in [-0.15, -0.1) is 15.0 Å². The number of hydrogen-bond donors (Lipinski definition) is 0. The van der Waals surface area contributed by atoms with Crippen molar-refractivity contribution in [2.45, 2.75) is 56.8 Å². The Labute approximate surface area is 206 Å². The Morgan fingerprint density at radius 2 is 1.57 bits per heavy atom. The molecular formula is C27H31N3O4S. The van der Waals surface area contributed by atoms with Gasteiger partial charge < -0.3 is 8.92 Å². The summed E-state index contributed by atoms with van der Waals surface area (Å²) in [5.74, 6) is 0.723. The van der Waals surface area contributed by atoms with Crippen LogP contribution in [-0.4, -0.2) is 30.5 Å². The van der Waals surface area contributed by atoms with Crippen LogP contribution in [-0.2, 0) is 15.5 Å². The topological polar surface area (TPSA) is 83.3 Å². The average Bonchev–Trinajstić information content (AvgIpc) is 3.28. The summed E-state index contributed by atoms with van der Waals surface area (Å²) in [6.45, 7) is 6.58. The Kier molecular flexibility index (Phi) is 7.12. The molecule has 1 heterocycles. The molecule has 4 rings (SSSR count). The van der Waals surface area contributed by atoms with Crippen LogP contribution in [0.4, 0.5) is 0 Å². The number of rotatable bonds is 10. The van der Waals surface area contributed by atoms with Gasteiger partial charge in [0.25, 0.3) is 0 Å². The number of fused-ring (bicyclic) bond motifs is 1. The van der Waals surface area contributed by atoms with Crippen LogP contribution < -0.4 is 8.92 Å². The summed E-state index contributed by atoms with van der Waals surface area (Å²) in [4.78, 5) is 1.49. The number of methoxy groups -OCH3 is 1. The van der Waals surface area contributed by atoms with Gasteiger partial charge in [-0.05, 0) is 65.9 Å². The molecule has 1 aromatic heterocycles. The van der Waals surface area contributed by atoms with E-state index in [2.05, 4.69) is 31.0 Å². The van der Waals surface area contributed by atoms with Crippen molar-refractivity contribution in [2.75, 3.05) is 7.11 Å². The summed E-state index contributed by atoms with van der Waals surface area (Å²) < 4.78 is 37.0. The molecule has 7 nitrogen and oxygen atoms in total. The number of unbranched alkanes of at least 4 members (excludes halogenated alkanes) is 2. The summed E-state index contributed by atoms with van der Waals surface area (Å²) in [6, 6.07) is 19.2. The molecule has 8 heteroatoms. The van der Waals surface area contributed by atoms with E-state index in [4.69, 9.17) is 8.92 Å². The largest absolute Gasteiger partial charge is 0.497 e. The van der Waals surface area contributed by atoms with Gasteiger partial charge in [0.05, 0.1) is 7.11 Å². The highest BCUT2D eigenvalue weighted by molar-refractivity contribution is 7.87. The van der Waals surface area contributed by atoms with Crippen LogP contribution in [0.1, 0.15) is 52.0 Å². The molecule has 0 unspecified atom stereocenters.